The van der Waals surface area contributed by atoms with E-state index >= 15 is 0 Å². The van der Waals surface area contributed by atoms with E-state index in [0.717, 1.165) is 6.54 Å². The molecule has 3 nitrogen and oxygen atoms in total. The molecule has 66 valence electrons. The Bertz CT molecular complexity index is 102. The van der Waals surface area contributed by atoms with Crippen LogP contribution in [0.25, 0.3) is 0 Å². The predicted octanol–water partition coefficient (Wildman–Crippen LogP) is 0.534. The Balaban J connectivity index is 0. The van der Waals surface area contributed by atoms with Crippen molar-refractivity contribution in [1.82, 2.24) is 10.6 Å². The van der Waals surface area contributed by atoms with Crippen molar-refractivity contribution in [3.8, 4) is 0 Å². The molecule has 0 aromatic rings. The third kappa shape index (κ3) is 12.4. The highest BCUT2D eigenvalue weighted by Crippen LogP contribution is 1.63. The first-order valence-electron chi connectivity index (χ1n) is 3.86. The van der Waals surface area contributed by atoms with Crippen LogP contribution in [0.1, 0.15) is 13.8 Å². The minimum Gasteiger partial charge on any atom is -0.351 e. The lowest BCUT2D eigenvalue weighted by atomic mass is 10.5. The van der Waals surface area contributed by atoms with E-state index in [9.17, 15) is 4.79 Å². The molecule has 11 heavy (non-hydrogen) atoms. The SMILES string of the molecule is C=CC(=O)NCCNC.CC. The summed E-state index contributed by atoms with van der Waals surface area (Å²) in [6.45, 7) is 8.75. The number of hydrogen-bond acceptors (Lipinski definition) is 2. The first kappa shape index (κ1) is 12.8. The van der Waals surface area contributed by atoms with Crippen molar-refractivity contribution < 1.29 is 4.79 Å². The Labute approximate surface area is 68.9 Å². The molecule has 0 saturated carbocycles. The third-order valence-electron chi connectivity index (χ3n) is 0.860. The van der Waals surface area contributed by atoms with Crippen molar-refractivity contribution in [3.05, 3.63) is 12.7 Å². The lowest BCUT2D eigenvalue weighted by Crippen LogP contribution is -2.28. The Morgan fingerprint density at radius 1 is 1.45 bits per heavy atom. The molecule has 0 aliphatic heterocycles. The second-order valence-corrected chi connectivity index (χ2v) is 1.60. The monoisotopic (exact) mass is 158 g/mol. The highest BCUT2D eigenvalue weighted by molar-refractivity contribution is 5.86. The summed E-state index contributed by atoms with van der Waals surface area (Å²) in [5.74, 6) is -0.120. The maximum atomic E-state index is 10.4. The van der Waals surface area contributed by atoms with Crippen LogP contribution in [0, 0.1) is 0 Å². The van der Waals surface area contributed by atoms with Crippen LogP contribution in [0.15, 0.2) is 12.7 Å². The van der Waals surface area contributed by atoms with E-state index in [1.54, 1.807) is 0 Å². The largest absolute Gasteiger partial charge is 0.351 e. The van der Waals surface area contributed by atoms with Crippen LogP contribution < -0.4 is 10.6 Å². The number of likely N-dealkylation sites (N-methyl/N-ethyl adjacent to an activating group) is 1. The van der Waals surface area contributed by atoms with Gasteiger partial charge >= 0.3 is 0 Å². The molecule has 0 unspecified atom stereocenters. The maximum Gasteiger partial charge on any atom is 0.243 e. The van der Waals surface area contributed by atoms with Crippen LogP contribution in [0.3, 0.4) is 0 Å². The topological polar surface area (TPSA) is 41.1 Å². The van der Waals surface area contributed by atoms with Crippen molar-refractivity contribution in [1.29, 1.82) is 0 Å². The van der Waals surface area contributed by atoms with E-state index < -0.39 is 0 Å². The molecule has 0 bridgehead atoms. The molecule has 0 radical (unpaired) electrons. The van der Waals surface area contributed by atoms with Gasteiger partial charge in [-0.05, 0) is 13.1 Å². The zero-order valence-corrected chi connectivity index (χ0v) is 7.61. The first-order chi connectivity index (χ1) is 5.31. The van der Waals surface area contributed by atoms with Gasteiger partial charge in [-0.1, -0.05) is 20.4 Å². The Morgan fingerprint density at radius 3 is 2.36 bits per heavy atom. The summed E-state index contributed by atoms with van der Waals surface area (Å²) in [6.07, 6.45) is 1.26. The summed E-state index contributed by atoms with van der Waals surface area (Å²) in [4.78, 5) is 10.4. The highest BCUT2D eigenvalue weighted by atomic mass is 16.1. The van der Waals surface area contributed by atoms with Crippen LogP contribution in [0.5, 0.6) is 0 Å². The van der Waals surface area contributed by atoms with Crippen LogP contribution in [0.2, 0.25) is 0 Å². The van der Waals surface area contributed by atoms with E-state index in [1.165, 1.54) is 6.08 Å². The van der Waals surface area contributed by atoms with Crippen molar-refractivity contribution in [2.24, 2.45) is 0 Å². The molecule has 0 aromatic carbocycles. The molecule has 0 atom stereocenters. The van der Waals surface area contributed by atoms with E-state index in [1.807, 2.05) is 20.9 Å². The molecule has 0 fully saturated rings. The summed E-state index contributed by atoms with van der Waals surface area (Å²) in [6, 6.07) is 0. The number of nitrogens with one attached hydrogen (secondary N) is 2. The predicted molar refractivity (Wildman–Crippen MR) is 48.5 cm³/mol. The van der Waals surface area contributed by atoms with Gasteiger partial charge in [0.15, 0.2) is 0 Å². The zero-order valence-electron chi connectivity index (χ0n) is 7.61. The van der Waals surface area contributed by atoms with Crippen LogP contribution in [-0.4, -0.2) is 26.0 Å². The second-order valence-electron chi connectivity index (χ2n) is 1.60. The second kappa shape index (κ2) is 11.9. The Hall–Kier alpha value is -0.830. The van der Waals surface area contributed by atoms with Crippen LogP contribution >= 0.6 is 0 Å². The lowest BCUT2D eigenvalue weighted by Gasteiger charge is -1.98. The van der Waals surface area contributed by atoms with Gasteiger partial charge in [0.1, 0.15) is 0 Å². The average molecular weight is 158 g/mol. The van der Waals surface area contributed by atoms with Gasteiger partial charge in [0, 0.05) is 13.1 Å². The fourth-order valence-electron chi connectivity index (χ4n) is 0.383. The number of rotatable bonds is 4. The molecule has 0 aromatic heterocycles. The van der Waals surface area contributed by atoms with Gasteiger partial charge < -0.3 is 10.6 Å². The number of hydrogen-bond donors (Lipinski definition) is 2. The van der Waals surface area contributed by atoms with E-state index in [0.29, 0.717) is 6.54 Å². The van der Waals surface area contributed by atoms with Crippen molar-refractivity contribution in [3.63, 3.8) is 0 Å². The number of carbonyl (C=O) groups excluding carboxylic acids is 1. The summed E-state index contributed by atoms with van der Waals surface area (Å²) in [7, 11) is 1.83. The number of carbonyl (C=O) groups is 1. The van der Waals surface area contributed by atoms with Crippen molar-refractivity contribution in [2.75, 3.05) is 20.1 Å². The minimum atomic E-state index is -0.120. The molecule has 2 N–H and O–H groups in total. The van der Waals surface area contributed by atoms with Crippen molar-refractivity contribution in [2.45, 2.75) is 13.8 Å². The van der Waals surface area contributed by atoms with Gasteiger partial charge in [-0.15, -0.1) is 0 Å². The average Bonchev–Trinajstić information content (AvgIpc) is 2.08. The van der Waals surface area contributed by atoms with Crippen molar-refractivity contribution >= 4 is 5.91 Å². The molecule has 0 spiro atoms. The maximum absolute atomic E-state index is 10.4. The molecule has 0 saturated heterocycles. The lowest BCUT2D eigenvalue weighted by molar-refractivity contribution is -0.116. The normalized spacial score (nSPS) is 7.55. The van der Waals surface area contributed by atoms with E-state index in [2.05, 4.69) is 17.2 Å². The number of amides is 1. The summed E-state index contributed by atoms with van der Waals surface area (Å²) in [5.41, 5.74) is 0. The van der Waals surface area contributed by atoms with E-state index in [4.69, 9.17) is 0 Å². The zero-order chi connectivity index (χ0) is 9.11. The molecule has 0 heterocycles. The molecular weight excluding hydrogens is 140 g/mol. The Morgan fingerprint density at radius 2 is 2.00 bits per heavy atom. The quantitative estimate of drug-likeness (QED) is 0.463. The molecule has 0 aliphatic carbocycles. The standard InChI is InChI=1S/C6H12N2O.C2H6/c1-3-6(9)8-5-4-7-2;1-2/h3,7H,1,4-5H2,2H3,(H,8,9);1-2H3. The smallest absolute Gasteiger partial charge is 0.243 e. The summed E-state index contributed by atoms with van der Waals surface area (Å²) in [5, 5.41) is 5.51. The van der Waals surface area contributed by atoms with Gasteiger partial charge in [0.25, 0.3) is 0 Å². The van der Waals surface area contributed by atoms with Crippen LogP contribution in [0.4, 0.5) is 0 Å². The Kier molecular flexibility index (Phi) is 13.9. The molecule has 0 aliphatic rings. The van der Waals surface area contributed by atoms with Gasteiger partial charge in [-0.2, -0.15) is 0 Å². The molecular formula is C8H18N2O. The molecule has 3 heteroatoms. The molecule has 0 rings (SSSR count). The third-order valence-corrected chi connectivity index (χ3v) is 0.860. The fraction of sp³-hybridized carbons (Fsp3) is 0.625. The highest BCUT2D eigenvalue weighted by Gasteiger charge is 1.88. The van der Waals surface area contributed by atoms with Crippen LogP contribution in [-0.2, 0) is 4.79 Å². The summed E-state index contributed by atoms with van der Waals surface area (Å²) < 4.78 is 0. The van der Waals surface area contributed by atoms with Gasteiger partial charge in [-0.25, -0.2) is 0 Å². The minimum absolute atomic E-state index is 0.120. The van der Waals surface area contributed by atoms with Gasteiger partial charge in [0.2, 0.25) is 5.91 Å². The van der Waals surface area contributed by atoms with E-state index in [-0.39, 0.29) is 5.91 Å². The molecule has 1 amide bonds. The van der Waals surface area contributed by atoms with Gasteiger partial charge in [0.05, 0.1) is 0 Å². The fourth-order valence-corrected chi connectivity index (χ4v) is 0.383. The summed E-state index contributed by atoms with van der Waals surface area (Å²) >= 11 is 0. The first-order valence-corrected chi connectivity index (χ1v) is 3.86. The van der Waals surface area contributed by atoms with Gasteiger partial charge in [-0.3, -0.25) is 4.79 Å².